The van der Waals surface area contributed by atoms with E-state index in [1.165, 1.54) is 7.11 Å². The zero-order valence-electron chi connectivity index (χ0n) is 11.6. The fraction of sp³-hybridized carbons (Fsp3) is 0.846. The Balaban J connectivity index is 2.59. The summed E-state index contributed by atoms with van der Waals surface area (Å²) >= 11 is 0. The molecule has 1 heterocycles. The van der Waals surface area contributed by atoms with Crippen molar-refractivity contribution in [2.75, 3.05) is 13.7 Å². The van der Waals surface area contributed by atoms with Crippen molar-refractivity contribution in [3.63, 3.8) is 0 Å². The lowest BCUT2D eigenvalue weighted by atomic mass is 10.2. The third-order valence-electron chi connectivity index (χ3n) is 3.27. The second-order valence-corrected chi connectivity index (χ2v) is 4.67. The van der Waals surface area contributed by atoms with Crippen LogP contribution in [0, 0.1) is 0 Å². The van der Waals surface area contributed by atoms with Crippen LogP contribution in [0.5, 0.6) is 0 Å². The van der Waals surface area contributed by atoms with Crippen LogP contribution in [0.2, 0.25) is 0 Å². The summed E-state index contributed by atoms with van der Waals surface area (Å²) in [6, 6.07) is -0.0794. The van der Waals surface area contributed by atoms with Crippen molar-refractivity contribution in [1.29, 1.82) is 0 Å². The van der Waals surface area contributed by atoms with E-state index in [4.69, 9.17) is 0 Å². The first-order chi connectivity index (χ1) is 8.63. The number of amides is 1. The number of hydrogen-bond acceptors (Lipinski definition) is 4. The van der Waals surface area contributed by atoms with Gasteiger partial charge in [0.1, 0.15) is 0 Å². The minimum atomic E-state index is -0.267. The van der Waals surface area contributed by atoms with E-state index in [0.717, 1.165) is 25.7 Å². The molecule has 2 atom stereocenters. The summed E-state index contributed by atoms with van der Waals surface area (Å²) in [4.78, 5) is 25.2. The highest BCUT2D eigenvalue weighted by Gasteiger charge is 2.37. The van der Waals surface area contributed by atoms with Crippen molar-refractivity contribution in [2.24, 2.45) is 0 Å². The average Bonchev–Trinajstić information content (AvgIpc) is 2.64. The Morgan fingerprint density at radius 3 is 2.56 bits per heavy atom. The van der Waals surface area contributed by atoms with E-state index in [0.29, 0.717) is 6.54 Å². The normalized spacial score (nSPS) is 23.5. The molecule has 1 aliphatic rings. The number of methoxy groups -OCH3 is 1. The molecule has 1 N–H and O–H groups in total. The molecule has 1 fully saturated rings. The number of nitrogens with one attached hydrogen (secondary N) is 1. The van der Waals surface area contributed by atoms with Crippen LogP contribution in [0.15, 0.2) is 0 Å². The molecule has 0 spiro atoms. The van der Waals surface area contributed by atoms with Crippen LogP contribution in [0.1, 0.15) is 46.0 Å². The molecule has 1 rings (SSSR count). The van der Waals surface area contributed by atoms with Crippen molar-refractivity contribution in [1.82, 2.24) is 10.2 Å². The lowest BCUT2D eigenvalue weighted by Crippen LogP contribution is -2.38. The Labute approximate surface area is 109 Å². The molecule has 5 heteroatoms. The number of hydrogen-bond donors (Lipinski definition) is 1. The molecule has 0 radical (unpaired) electrons. The van der Waals surface area contributed by atoms with Gasteiger partial charge in [-0.15, -0.1) is 0 Å². The summed E-state index contributed by atoms with van der Waals surface area (Å²) in [6.45, 7) is 4.61. The topological polar surface area (TPSA) is 58.6 Å². The first kappa shape index (κ1) is 15.0. The standard InChI is InChI=1S/C13H24N2O3/c1-4-6-10-13(17)15(9-8-12(16)18-3)11(14-10)7-5-2/h10-11,14H,4-9H2,1-3H3. The minimum absolute atomic E-state index is 0.0729. The molecule has 104 valence electrons. The van der Waals surface area contributed by atoms with Gasteiger partial charge >= 0.3 is 5.97 Å². The zero-order valence-corrected chi connectivity index (χ0v) is 11.6. The quantitative estimate of drug-likeness (QED) is 0.697. The van der Waals surface area contributed by atoms with Gasteiger partial charge in [0, 0.05) is 6.54 Å². The lowest BCUT2D eigenvalue weighted by molar-refractivity contribution is -0.141. The van der Waals surface area contributed by atoms with Gasteiger partial charge in [-0.2, -0.15) is 0 Å². The summed E-state index contributed by atoms with van der Waals surface area (Å²) in [6.07, 6.45) is 4.11. The van der Waals surface area contributed by atoms with Crippen LogP contribution in [-0.2, 0) is 14.3 Å². The molecule has 0 aromatic carbocycles. The van der Waals surface area contributed by atoms with Gasteiger partial charge in [0.25, 0.3) is 0 Å². The minimum Gasteiger partial charge on any atom is -0.469 e. The molecule has 0 aromatic rings. The summed E-state index contributed by atoms with van der Waals surface area (Å²) < 4.78 is 4.62. The highest BCUT2D eigenvalue weighted by atomic mass is 16.5. The molecule has 1 aliphatic heterocycles. The first-order valence-corrected chi connectivity index (χ1v) is 6.77. The molecule has 0 saturated carbocycles. The van der Waals surface area contributed by atoms with E-state index in [-0.39, 0.29) is 30.5 Å². The second-order valence-electron chi connectivity index (χ2n) is 4.67. The smallest absolute Gasteiger partial charge is 0.307 e. The van der Waals surface area contributed by atoms with Crippen LogP contribution in [0.3, 0.4) is 0 Å². The third kappa shape index (κ3) is 3.70. The molecule has 0 bridgehead atoms. The fourth-order valence-electron chi connectivity index (χ4n) is 2.34. The average molecular weight is 256 g/mol. The Morgan fingerprint density at radius 2 is 2.00 bits per heavy atom. The van der Waals surface area contributed by atoms with E-state index in [9.17, 15) is 9.59 Å². The number of carbonyl (C=O) groups excluding carboxylic acids is 2. The molecule has 1 amide bonds. The molecule has 5 nitrogen and oxygen atoms in total. The van der Waals surface area contributed by atoms with Crippen molar-refractivity contribution in [3.05, 3.63) is 0 Å². The van der Waals surface area contributed by atoms with E-state index in [1.54, 1.807) is 4.90 Å². The van der Waals surface area contributed by atoms with Gasteiger partial charge in [-0.1, -0.05) is 26.7 Å². The first-order valence-electron chi connectivity index (χ1n) is 6.77. The maximum atomic E-state index is 12.2. The largest absolute Gasteiger partial charge is 0.469 e. The summed E-state index contributed by atoms with van der Waals surface area (Å²) in [7, 11) is 1.37. The van der Waals surface area contributed by atoms with Crippen LogP contribution >= 0.6 is 0 Å². The molecule has 2 unspecified atom stereocenters. The Bertz CT molecular complexity index is 294. The van der Waals surface area contributed by atoms with E-state index in [2.05, 4.69) is 23.9 Å². The van der Waals surface area contributed by atoms with Crippen LogP contribution in [0.4, 0.5) is 0 Å². The number of rotatable bonds is 7. The summed E-state index contributed by atoms with van der Waals surface area (Å²) in [5.41, 5.74) is 0. The molecule has 18 heavy (non-hydrogen) atoms. The van der Waals surface area contributed by atoms with Gasteiger partial charge in [-0.05, 0) is 12.8 Å². The van der Waals surface area contributed by atoms with E-state index < -0.39 is 0 Å². The number of nitrogens with zero attached hydrogens (tertiary/aromatic N) is 1. The second kappa shape index (κ2) is 7.36. The van der Waals surface area contributed by atoms with Gasteiger partial charge in [0.05, 0.1) is 25.7 Å². The highest BCUT2D eigenvalue weighted by molar-refractivity contribution is 5.84. The maximum absolute atomic E-state index is 12.2. The number of esters is 1. The van der Waals surface area contributed by atoms with Crippen molar-refractivity contribution >= 4 is 11.9 Å². The summed E-state index contributed by atoms with van der Waals surface area (Å²) in [5.74, 6) is -0.142. The van der Waals surface area contributed by atoms with E-state index in [1.807, 2.05) is 0 Å². The maximum Gasteiger partial charge on any atom is 0.307 e. The molecular formula is C13H24N2O3. The predicted octanol–water partition coefficient (Wildman–Crippen LogP) is 1.28. The van der Waals surface area contributed by atoms with Crippen molar-refractivity contribution < 1.29 is 14.3 Å². The molecule has 0 aliphatic carbocycles. The van der Waals surface area contributed by atoms with Gasteiger partial charge in [-0.25, -0.2) is 0 Å². The van der Waals surface area contributed by atoms with Gasteiger partial charge in [0.2, 0.25) is 5.91 Å². The third-order valence-corrected chi connectivity index (χ3v) is 3.27. The lowest BCUT2D eigenvalue weighted by Gasteiger charge is -2.23. The number of ether oxygens (including phenoxy) is 1. The van der Waals surface area contributed by atoms with E-state index >= 15 is 0 Å². The number of carbonyl (C=O) groups is 2. The van der Waals surface area contributed by atoms with Crippen LogP contribution in [-0.4, -0.2) is 42.6 Å². The predicted molar refractivity (Wildman–Crippen MR) is 68.9 cm³/mol. The van der Waals surface area contributed by atoms with Crippen molar-refractivity contribution in [2.45, 2.75) is 58.2 Å². The SMILES string of the molecule is CCCC1NC(CCC)N(CCC(=O)OC)C1=O. The monoisotopic (exact) mass is 256 g/mol. The Kier molecular flexibility index (Phi) is 6.12. The van der Waals surface area contributed by atoms with Gasteiger partial charge in [-0.3, -0.25) is 14.9 Å². The van der Waals surface area contributed by atoms with Crippen molar-refractivity contribution in [3.8, 4) is 0 Å². The highest BCUT2D eigenvalue weighted by Crippen LogP contribution is 2.18. The molecular weight excluding hydrogens is 232 g/mol. The fourth-order valence-corrected chi connectivity index (χ4v) is 2.34. The molecule has 1 saturated heterocycles. The Morgan fingerprint density at radius 1 is 1.33 bits per heavy atom. The van der Waals surface area contributed by atoms with Gasteiger partial charge in [0.15, 0.2) is 0 Å². The van der Waals surface area contributed by atoms with Gasteiger partial charge < -0.3 is 9.64 Å². The Hall–Kier alpha value is -1.10. The van der Waals surface area contributed by atoms with Crippen LogP contribution < -0.4 is 5.32 Å². The molecule has 0 aromatic heterocycles. The van der Waals surface area contributed by atoms with Crippen LogP contribution in [0.25, 0.3) is 0 Å². The zero-order chi connectivity index (χ0) is 13.5. The summed E-state index contributed by atoms with van der Waals surface area (Å²) in [5, 5.41) is 3.36.